The lowest BCUT2D eigenvalue weighted by atomic mass is 10.5. The molecule has 0 saturated heterocycles. The number of likely N-dealkylation sites (N-methyl/N-ethyl adjacent to an activating group) is 1. The van der Waals surface area contributed by atoms with Gasteiger partial charge in [-0.2, -0.15) is 5.26 Å². The van der Waals surface area contributed by atoms with Gasteiger partial charge in [-0.3, -0.25) is 9.69 Å². The van der Waals surface area contributed by atoms with Crippen LogP contribution < -0.4 is 5.32 Å². The van der Waals surface area contributed by atoms with Gasteiger partial charge in [-0.15, -0.1) is 12.4 Å². The van der Waals surface area contributed by atoms with Crippen LogP contribution in [0, 0.1) is 11.3 Å². The van der Waals surface area contributed by atoms with Gasteiger partial charge >= 0.3 is 0 Å². The summed E-state index contributed by atoms with van der Waals surface area (Å²) in [7, 11) is 1.85. The number of halogens is 1. The van der Waals surface area contributed by atoms with E-state index in [1.165, 1.54) is 0 Å². The monoisotopic (exact) mass is 191 g/mol. The molecule has 0 heterocycles. The first-order chi connectivity index (χ1) is 5.20. The minimum absolute atomic E-state index is 0. The predicted octanol–water partition coefficient (Wildman–Crippen LogP) is -0.000320. The predicted molar refractivity (Wildman–Crippen MR) is 49.0 cm³/mol. The molecule has 0 aromatic rings. The zero-order valence-corrected chi connectivity index (χ0v) is 8.15. The van der Waals surface area contributed by atoms with Gasteiger partial charge in [0.15, 0.2) is 0 Å². The van der Waals surface area contributed by atoms with E-state index in [-0.39, 0.29) is 24.9 Å². The Morgan fingerprint density at radius 3 is 2.67 bits per heavy atom. The number of carbonyl (C=O) groups is 1. The summed E-state index contributed by atoms with van der Waals surface area (Å²) >= 11 is 0. The molecule has 0 aromatic heterocycles. The summed E-state index contributed by atoms with van der Waals surface area (Å²) in [5, 5.41) is 10.6. The van der Waals surface area contributed by atoms with Crippen LogP contribution >= 0.6 is 12.4 Å². The maximum Gasteiger partial charge on any atom is 0.234 e. The van der Waals surface area contributed by atoms with Gasteiger partial charge in [0.25, 0.3) is 0 Å². The van der Waals surface area contributed by atoms with Crippen molar-refractivity contribution < 1.29 is 4.79 Å². The van der Waals surface area contributed by atoms with E-state index in [1.807, 2.05) is 24.9 Å². The lowest BCUT2D eigenvalue weighted by Gasteiger charge is -2.11. The lowest BCUT2D eigenvalue weighted by Crippen LogP contribution is -2.35. The van der Waals surface area contributed by atoms with E-state index in [2.05, 4.69) is 5.32 Å². The summed E-state index contributed by atoms with van der Waals surface area (Å²) < 4.78 is 0. The second kappa shape index (κ2) is 8.31. The average Bonchev–Trinajstić information content (AvgIpc) is 2.00. The Morgan fingerprint density at radius 2 is 2.25 bits per heavy atom. The summed E-state index contributed by atoms with van der Waals surface area (Å²) in [5.41, 5.74) is 0. The van der Waals surface area contributed by atoms with Gasteiger partial charge in [0.2, 0.25) is 5.91 Å². The fraction of sp³-hybridized carbons (Fsp3) is 0.714. The molecule has 1 N–H and O–H groups in total. The minimum atomic E-state index is -0.101. The Labute approximate surface area is 78.9 Å². The van der Waals surface area contributed by atoms with Crippen molar-refractivity contribution in [1.29, 1.82) is 5.26 Å². The van der Waals surface area contributed by atoms with E-state index in [4.69, 9.17) is 5.26 Å². The zero-order chi connectivity index (χ0) is 8.69. The first kappa shape index (κ1) is 13.8. The number of amides is 1. The van der Waals surface area contributed by atoms with Crippen LogP contribution in [0.25, 0.3) is 0 Å². The van der Waals surface area contributed by atoms with Crippen LogP contribution in [0.4, 0.5) is 0 Å². The summed E-state index contributed by atoms with van der Waals surface area (Å²) in [4.78, 5) is 12.7. The van der Waals surface area contributed by atoms with Crippen molar-refractivity contribution >= 4 is 18.3 Å². The highest BCUT2D eigenvalue weighted by Crippen LogP contribution is 1.78. The Bertz CT molecular complexity index is 167. The molecule has 0 aliphatic rings. The van der Waals surface area contributed by atoms with Crippen molar-refractivity contribution in [2.75, 3.05) is 26.7 Å². The van der Waals surface area contributed by atoms with Crippen molar-refractivity contribution in [1.82, 2.24) is 10.2 Å². The molecule has 0 atom stereocenters. The quantitative estimate of drug-likeness (QED) is 0.637. The van der Waals surface area contributed by atoms with Crippen molar-refractivity contribution in [3.8, 4) is 6.07 Å². The first-order valence-corrected chi connectivity index (χ1v) is 3.53. The SMILES string of the molecule is CCN(C)CC(=O)NCC#N.Cl. The van der Waals surface area contributed by atoms with E-state index in [1.54, 1.807) is 0 Å². The molecule has 0 rings (SSSR count). The van der Waals surface area contributed by atoms with Gasteiger partial charge in [0, 0.05) is 0 Å². The highest BCUT2D eigenvalue weighted by Gasteiger charge is 2.02. The van der Waals surface area contributed by atoms with Crippen LogP contribution in [0.15, 0.2) is 0 Å². The Hall–Kier alpha value is -0.790. The highest BCUT2D eigenvalue weighted by atomic mass is 35.5. The standard InChI is InChI=1S/C7H13N3O.ClH/c1-3-10(2)6-7(11)9-5-4-8;/h3,5-6H2,1-2H3,(H,9,11);1H. The van der Waals surface area contributed by atoms with Crippen LogP contribution in [-0.2, 0) is 4.79 Å². The van der Waals surface area contributed by atoms with Crippen molar-refractivity contribution in [3.05, 3.63) is 0 Å². The summed E-state index contributed by atoms with van der Waals surface area (Å²) in [6.07, 6.45) is 0. The van der Waals surface area contributed by atoms with E-state index < -0.39 is 0 Å². The molecule has 5 heteroatoms. The van der Waals surface area contributed by atoms with Gasteiger partial charge < -0.3 is 5.32 Å². The smallest absolute Gasteiger partial charge is 0.234 e. The number of nitrogens with one attached hydrogen (secondary N) is 1. The van der Waals surface area contributed by atoms with Crippen LogP contribution in [0.1, 0.15) is 6.92 Å². The molecular weight excluding hydrogens is 178 g/mol. The number of rotatable bonds is 4. The van der Waals surface area contributed by atoms with Gasteiger partial charge in [0.05, 0.1) is 12.6 Å². The van der Waals surface area contributed by atoms with Crippen molar-refractivity contribution in [2.45, 2.75) is 6.92 Å². The molecule has 70 valence electrons. The maximum absolute atomic E-state index is 10.9. The average molecular weight is 192 g/mol. The van der Waals surface area contributed by atoms with E-state index in [0.717, 1.165) is 6.54 Å². The third-order valence-electron chi connectivity index (χ3n) is 1.32. The molecule has 12 heavy (non-hydrogen) atoms. The molecule has 0 unspecified atom stereocenters. The Balaban J connectivity index is 0. The Kier molecular flexibility index (Phi) is 9.54. The fourth-order valence-corrected chi connectivity index (χ4v) is 0.551. The van der Waals surface area contributed by atoms with Gasteiger partial charge in [0.1, 0.15) is 6.54 Å². The topological polar surface area (TPSA) is 56.1 Å². The third-order valence-corrected chi connectivity index (χ3v) is 1.32. The lowest BCUT2D eigenvalue weighted by molar-refractivity contribution is -0.121. The zero-order valence-electron chi connectivity index (χ0n) is 7.33. The molecule has 4 nitrogen and oxygen atoms in total. The number of nitriles is 1. The highest BCUT2D eigenvalue weighted by molar-refractivity contribution is 5.85. The second-order valence-corrected chi connectivity index (χ2v) is 2.27. The molecule has 0 aliphatic heterocycles. The van der Waals surface area contributed by atoms with Crippen LogP contribution in [0.5, 0.6) is 0 Å². The van der Waals surface area contributed by atoms with Crippen molar-refractivity contribution in [3.63, 3.8) is 0 Å². The number of carbonyl (C=O) groups excluding carboxylic acids is 1. The summed E-state index contributed by atoms with van der Waals surface area (Å²) in [5.74, 6) is -0.101. The molecular formula is C7H14ClN3O. The van der Waals surface area contributed by atoms with Crippen LogP contribution in [-0.4, -0.2) is 37.5 Å². The first-order valence-electron chi connectivity index (χ1n) is 3.53. The van der Waals surface area contributed by atoms with E-state index in [9.17, 15) is 4.79 Å². The molecule has 0 fully saturated rings. The summed E-state index contributed by atoms with van der Waals surface area (Å²) in [6, 6.07) is 1.84. The molecule has 0 bridgehead atoms. The third kappa shape index (κ3) is 7.32. The minimum Gasteiger partial charge on any atom is -0.342 e. The molecule has 0 radical (unpaired) electrons. The van der Waals surface area contributed by atoms with Gasteiger partial charge in [-0.05, 0) is 13.6 Å². The number of hydrogen-bond acceptors (Lipinski definition) is 3. The summed E-state index contributed by atoms with van der Waals surface area (Å²) in [6.45, 7) is 3.26. The van der Waals surface area contributed by atoms with Gasteiger partial charge in [-0.1, -0.05) is 6.92 Å². The van der Waals surface area contributed by atoms with Crippen LogP contribution in [0.2, 0.25) is 0 Å². The molecule has 0 saturated carbocycles. The van der Waals surface area contributed by atoms with E-state index >= 15 is 0 Å². The Morgan fingerprint density at radius 1 is 1.67 bits per heavy atom. The second-order valence-electron chi connectivity index (χ2n) is 2.27. The normalized spacial score (nSPS) is 8.50. The molecule has 0 aromatic carbocycles. The molecule has 0 aliphatic carbocycles. The maximum atomic E-state index is 10.9. The van der Waals surface area contributed by atoms with Crippen LogP contribution in [0.3, 0.4) is 0 Å². The van der Waals surface area contributed by atoms with Gasteiger partial charge in [-0.25, -0.2) is 0 Å². The van der Waals surface area contributed by atoms with E-state index in [0.29, 0.717) is 6.54 Å². The number of hydrogen-bond donors (Lipinski definition) is 1. The van der Waals surface area contributed by atoms with Crippen molar-refractivity contribution in [2.24, 2.45) is 0 Å². The number of nitrogens with zero attached hydrogens (tertiary/aromatic N) is 2. The fourth-order valence-electron chi connectivity index (χ4n) is 0.551. The molecule has 1 amide bonds. The largest absolute Gasteiger partial charge is 0.342 e. The molecule has 0 spiro atoms.